The van der Waals surface area contributed by atoms with Crippen molar-refractivity contribution in [1.29, 1.82) is 0 Å². The van der Waals surface area contributed by atoms with Gasteiger partial charge in [-0.25, -0.2) is 0 Å². The van der Waals surface area contributed by atoms with Gasteiger partial charge in [-0.15, -0.1) is 0 Å². The van der Waals surface area contributed by atoms with Crippen LogP contribution < -0.4 is 16.8 Å². The third-order valence-electron chi connectivity index (χ3n) is 3.02. The van der Waals surface area contributed by atoms with Gasteiger partial charge in [0.15, 0.2) is 0 Å². The highest BCUT2D eigenvalue weighted by Crippen LogP contribution is 2.25. The van der Waals surface area contributed by atoms with Gasteiger partial charge in [0.1, 0.15) is 0 Å². The molecule has 0 aliphatic carbocycles. The van der Waals surface area contributed by atoms with E-state index in [1.807, 2.05) is 0 Å². The molecule has 0 aromatic heterocycles. The van der Waals surface area contributed by atoms with Gasteiger partial charge in [0.25, 0.3) is 0 Å². The van der Waals surface area contributed by atoms with Crippen LogP contribution in [0.5, 0.6) is 0 Å². The van der Waals surface area contributed by atoms with Crippen molar-refractivity contribution >= 4 is 0 Å². The lowest BCUT2D eigenvalue weighted by atomic mass is 9.80. The SMILES string of the molecule is CC(CN)CC(C)NCC(C)(C)CC(C)(C)N. The van der Waals surface area contributed by atoms with Crippen LogP contribution in [-0.4, -0.2) is 24.7 Å². The summed E-state index contributed by atoms with van der Waals surface area (Å²) in [5, 5.41) is 3.60. The van der Waals surface area contributed by atoms with E-state index in [2.05, 4.69) is 46.9 Å². The highest BCUT2D eigenvalue weighted by atomic mass is 14.9. The van der Waals surface area contributed by atoms with Crippen LogP contribution in [0.2, 0.25) is 0 Å². The van der Waals surface area contributed by atoms with Crippen LogP contribution >= 0.6 is 0 Å². The Bertz CT molecular complexity index is 206. The number of rotatable bonds is 8. The zero-order valence-electron chi connectivity index (χ0n) is 12.6. The minimum atomic E-state index is -0.0982. The van der Waals surface area contributed by atoms with E-state index >= 15 is 0 Å². The summed E-state index contributed by atoms with van der Waals surface area (Å²) in [6, 6.07) is 0.522. The highest BCUT2D eigenvalue weighted by molar-refractivity contribution is 4.84. The summed E-state index contributed by atoms with van der Waals surface area (Å²) < 4.78 is 0. The van der Waals surface area contributed by atoms with Gasteiger partial charge in [-0.05, 0) is 51.5 Å². The molecule has 0 fully saturated rings. The fourth-order valence-corrected chi connectivity index (χ4v) is 2.53. The standard InChI is InChI=1S/C14H33N3/c1-11(8-15)7-12(2)17-10-13(3,4)9-14(5,6)16/h11-12,17H,7-10,15-16H2,1-6H3. The van der Waals surface area contributed by atoms with Crippen molar-refractivity contribution in [3.63, 3.8) is 0 Å². The fourth-order valence-electron chi connectivity index (χ4n) is 2.53. The van der Waals surface area contributed by atoms with Crippen molar-refractivity contribution in [2.75, 3.05) is 13.1 Å². The predicted molar refractivity (Wildman–Crippen MR) is 77.0 cm³/mol. The molecule has 3 nitrogen and oxygen atoms in total. The molecule has 0 aliphatic heterocycles. The highest BCUT2D eigenvalue weighted by Gasteiger charge is 2.26. The minimum Gasteiger partial charge on any atom is -0.330 e. The normalized spacial score (nSPS) is 16.9. The molecule has 5 N–H and O–H groups in total. The molecule has 0 aromatic rings. The number of hydrogen-bond donors (Lipinski definition) is 3. The monoisotopic (exact) mass is 243 g/mol. The predicted octanol–water partition coefficient (Wildman–Crippen LogP) is 2.10. The molecule has 0 aromatic carbocycles. The zero-order valence-corrected chi connectivity index (χ0v) is 12.6. The Labute approximate surface area is 108 Å². The molecule has 0 saturated heterocycles. The van der Waals surface area contributed by atoms with E-state index in [0.717, 1.165) is 25.9 Å². The number of nitrogens with two attached hydrogens (primary N) is 2. The van der Waals surface area contributed by atoms with Crippen molar-refractivity contribution < 1.29 is 0 Å². The maximum absolute atomic E-state index is 6.09. The molecule has 0 rings (SSSR count). The van der Waals surface area contributed by atoms with Crippen LogP contribution in [0.25, 0.3) is 0 Å². The molecule has 0 saturated carbocycles. The Morgan fingerprint density at radius 3 is 2.06 bits per heavy atom. The third kappa shape index (κ3) is 9.57. The van der Waals surface area contributed by atoms with Gasteiger partial charge < -0.3 is 16.8 Å². The van der Waals surface area contributed by atoms with Gasteiger partial charge >= 0.3 is 0 Å². The van der Waals surface area contributed by atoms with E-state index in [0.29, 0.717) is 12.0 Å². The maximum atomic E-state index is 6.09. The van der Waals surface area contributed by atoms with E-state index in [1.165, 1.54) is 0 Å². The summed E-state index contributed by atoms with van der Waals surface area (Å²) in [5.41, 5.74) is 11.9. The van der Waals surface area contributed by atoms with Gasteiger partial charge in [-0.1, -0.05) is 20.8 Å². The second kappa shape index (κ2) is 6.72. The van der Waals surface area contributed by atoms with Crippen LogP contribution in [-0.2, 0) is 0 Å². The van der Waals surface area contributed by atoms with Crippen molar-refractivity contribution in [2.24, 2.45) is 22.8 Å². The number of nitrogens with one attached hydrogen (secondary N) is 1. The molecule has 17 heavy (non-hydrogen) atoms. The van der Waals surface area contributed by atoms with E-state index in [1.54, 1.807) is 0 Å². The molecule has 0 amide bonds. The van der Waals surface area contributed by atoms with Gasteiger partial charge in [-0.2, -0.15) is 0 Å². The summed E-state index contributed by atoms with van der Waals surface area (Å²) in [7, 11) is 0. The molecule has 0 aliphatic rings. The van der Waals surface area contributed by atoms with Gasteiger partial charge in [-0.3, -0.25) is 0 Å². The average Bonchev–Trinajstić information content (AvgIpc) is 2.11. The Hall–Kier alpha value is -0.120. The lowest BCUT2D eigenvalue weighted by Crippen LogP contribution is -2.43. The summed E-state index contributed by atoms with van der Waals surface area (Å²) >= 11 is 0. The molecule has 2 unspecified atom stereocenters. The molecule has 0 spiro atoms. The Kier molecular flexibility index (Phi) is 6.67. The molecular formula is C14H33N3. The summed E-state index contributed by atoms with van der Waals surface area (Å²) in [4.78, 5) is 0. The molecule has 3 heteroatoms. The molecule has 0 radical (unpaired) electrons. The first-order valence-electron chi connectivity index (χ1n) is 6.78. The molecule has 2 atom stereocenters. The molecule has 0 heterocycles. The number of hydrogen-bond acceptors (Lipinski definition) is 3. The molecule has 104 valence electrons. The first-order valence-corrected chi connectivity index (χ1v) is 6.78. The first-order chi connectivity index (χ1) is 7.56. The van der Waals surface area contributed by atoms with Gasteiger partial charge in [0.2, 0.25) is 0 Å². The lowest BCUT2D eigenvalue weighted by Gasteiger charge is -2.33. The average molecular weight is 243 g/mol. The Morgan fingerprint density at radius 2 is 1.65 bits per heavy atom. The van der Waals surface area contributed by atoms with E-state index in [-0.39, 0.29) is 11.0 Å². The largest absolute Gasteiger partial charge is 0.330 e. The quantitative estimate of drug-likeness (QED) is 0.612. The van der Waals surface area contributed by atoms with Crippen molar-refractivity contribution in [3.8, 4) is 0 Å². The molecule has 0 bridgehead atoms. The van der Waals surface area contributed by atoms with Gasteiger partial charge in [0.05, 0.1) is 0 Å². The summed E-state index contributed by atoms with van der Waals surface area (Å²) in [6.07, 6.45) is 2.16. The smallest absolute Gasteiger partial charge is 0.0103 e. The molecular weight excluding hydrogens is 210 g/mol. The second-order valence-corrected chi connectivity index (χ2v) is 7.19. The van der Waals surface area contributed by atoms with Crippen molar-refractivity contribution in [1.82, 2.24) is 5.32 Å². The van der Waals surface area contributed by atoms with E-state index < -0.39 is 0 Å². The van der Waals surface area contributed by atoms with E-state index in [9.17, 15) is 0 Å². The van der Waals surface area contributed by atoms with Crippen LogP contribution in [0.15, 0.2) is 0 Å². The van der Waals surface area contributed by atoms with Crippen LogP contribution in [0.3, 0.4) is 0 Å². The maximum Gasteiger partial charge on any atom is 0.0103 e. The lowest BCUT2D eigenvalue weighted by molar-refractivity contribution is 0.236. The van der Waals surface area contributed by atoms with Crippen LogP contribution in [0, 0.1) is 11.3 Å². The Balaban J connectivity index is 4.00. The second-order valence-electron chi connectivity index (χ2n) is 7.19. The minimum absolute atomic E-state index is 0.0982. The fraction of sp³-hybridized carbons (Fsp3) is 1.00. The van der Waals surface area contributed by atoms with Gasteiger partial charge in [0, 0.05) is 18.1 Å². The van der Waals surface area contributed by atoms with Crippen molar-refractivity contribution in [2.45, 2.75) is 66.0 Å². The zero-order chi connectivity index (χ0) is 13.7. The summed E-state index contributed by atoms with van der Waals surface area (Å²) in [5.74, 6) is 0.589. The van der Waals surface area contributed by atoms with Crippen LogP contribution in [0.1, 0.15) is 54.4 Å². The van der Waals surface area contributed by atoms with Crippen molar-refractivity contribution in [3.05, 3.63) is 0 Å². The first kappa shape index (κ1) is 16.9. The Morgan fingerprint density at radius 1 is 1.12 bits per heavy atom. The topological polar surface area (TPSA) is 64.1 Å². The third-order valence-corrected chi connectivity index (χ3v) is 3.02. The summed E-state index contributed by atoms with van der Waals surface area (Å²) in [6.45, 7) is 14.9. The van der Waals surface area contributed by atoms with Crippen LogP contribution in [0.4, 0.5) is 0 Å². The van der Waals surface area contributed by atoms with E-state index in [4.69, 9.17) is 11.5 Å².